The predicted octanol–water partition coefficient (Wildman–Crippen LogP) is 4.19. The molecular formula is C29H32N4O3. The van der Waals surface area contributed by atoms with E-state index in [4.69, 9.17) is 0 Å². The highest BCUT2D eigenvalue weighted by molar-refractivity contribution is 6.15. The van der Waals surface area contributed by atoms with Gasteiger partial charge in [0.2, 0.25) is 11.8 Å². The molecular weight excluding hydrogens is 452 g/mol. The number of nitrogens with zero attached hydrogens (tertiary/aromatic N) is 2. The standard InChI is InChI=1S/C29H32N4O3/c1-3-26(34)30-23-14-15-25(24(20-23)28(35)22-12-8-5-9-13-22)31-29(36)27(21-10-6-4-7-11-21)33-18-16-32(2)17-19-33/h4-15,20,27H,3,16-19H2,1-2H3,(H,30,34)(H,31,36). The zero-order valence-corrected chi connectivity index (χ0v) is 20.7. The van der Waals surface area contributed by atoms with Crippen LogP contribution in [0, 0.1) is 0 Å². The van der Waals surface area contributed by atoms with Crippen molar-refractivity contribution < 1.29 is 14.4 Å². The summed E-state index contributed by atoms with van der Waals surface area (Å²) in [6.07, 6.45) is 0.324. The van der Waals surface area contributed by atoms with Crippen LogP contribution >= 0.6 is 0 Å². The fourth-order valence-corrected chi connectivity index (χ4v) is 4.36. The first-order chi connectivity index (χ1) is 17.5. The van der Waals surface area contributed by atoms with Crippen molar-refractivity contribution in [2.75, 3.05) is 43.9 Å². The van der Waals surface area contributed by atoms with Crippen LogP contribution in [0.3, 0.4) is 0 Å². The molecule has 0 spiro atoms. The van der Waals surface area contributed by atoms with E-state index in [2.05, 4.69) is 27.5 Å². The molecule has 1 heterocycles. The number of hydrogen-bond donors (Lipinski definition) is 2. The summed E-state index contributed by atoms with van der Waals surface area (Å²) >= 11 is 0. The second-order valence-corrected chi connectivity index (χ2v) is 9.00. The Hall–Kier alpha value is -3.81. The number of likely N-dealkylation sites (N-methyl/N-ethyl adjacent to an activating group) is 1. The van der Waals surface area contributed by atoms with Crippen LogP contribution in [0.4, 0.5) is 11.4 Å². The first-order valence-corrected chi connectivity index (χ1v) is 12.3. The third kappa shape index (κ3) is 6.05. The number of amides is 2. The Labute approximate surface area is 212 Å². The highest BCUT2D eigenvalue weighted by Crippen LogP contribution is 2.28. The van der Waals surface area contributed by atoms with Gasteiger partial charge >= 0.3 is 0 Å². The molecule has 1 saturated heterocycles. The summed E-state index contributed by atoms with van der Waals surface area (Å²) in [6.45, 7) is 5.05. The fraction of sp³-hybridized carbons (Fsp3) is 0.276. The van der Waals surface area contributed by atoms with Crippen molar-refractivity contribution in [2.45, 2.75) is 19.4 Å². The van der Waals surface area contributed by atoms with Crippen LogP contribution in [0.1, 0.15) is 40.9 Å². The summed E-state index contributed by atoms with van der Waals surface area (Å²) in [7, 11) is 2.08. The van der Waals surface area contributed by atoms with Gasteiger partial charge in [0, 0.05) is 49.4 Å². The van der Waals surface area contributed by atoms with Crippen molar-refractivity contribution >= 4 is 29.0 Å². The predicted molar refractivity (Wildman–Crippen MR) is 142 cm³/mol. The summed E-state index contributed by atoms with van der Waals surface area (Å²) < 4.78 is 0. The summed E-state index contributed by atoms with van der Waals surface area (Å²) in [6, 6.07) is 23.2. The van der Waals surface area contributed by atoms with Crippen LogP contribution in [0.5, 0.6) is 0 Å². The van der Waals surface area contributed by atoms with E-state index in [1.165, 1.54) is 0 Å². The van der Waals surface area contributed by atoms with Crippen LogP contribution in [-0.2, 0) is 9.59 Å². The molecule has 2 N–H and O–H groups in total. The van der Waals surface area contributed by atoms with Crippen molar-refractivity contribution in [3.8, 4) is 0 Å². The fourth-order valence-electron chi connectivity index (χ4n) is 4.36. The second kappa shape index (κ2) is 11.7. The van der Waals surface area contributed by atoms with Gasteiger partial charge in [0.15, 0.2) is 5.78 Å². The Morgan fingerprint density at radius 3 is 2.11 bits per heavy atom. The highest BCUT2D eigenvalue weighted by atomic mass is 16.2. The first kappa shape index (κ1) is 25.3. The lowest BCUT2D eigenvalue weighted by molar-refractivity contribution is -0.122. The Bertz CT molecular complexity index is 1210. The smallest absolute Gasteiger partial charge is 0.246 e. The van der Waals surface area contributed by atoms with Crippen molar-refractivity contribution in [1.82, 2.24) is 9.80 Å². The van der Waals surface area contributed by atoms with Gasteiger partial charge in [-0.2, -0.15) is 0 Å². The molecule has 3 aromatic rings. The van der Waals surface area contributed by atoms with Crippen LogP contribution in [0.2, 0.25) is 0 Å². The third-order valence-corrected chi connectivity index (χ3v) is 6.43. The Morgan fingerprint density at radius 1 is 0.833 bits per heavy atom. The van der Waals surface area contributed by atoms with Gasteiger partial charge in [-0.1, -0.05) is 67.6 Å². The molecule has 0 aliphatic carbocycles. The molecule has 1 aliphatic rings. The van der Waals surface area contributed by atoms with E-state index in [1.54, 1.807) is 49.4 Å². The zero-order chi connectivity index (χ0) is 25.5. The van der Waals surface area contributed by atoms with Crippen LogP contribution < -0.4 is 10.6 Å². The van der Waals surface area contributed by atoms with E-state index in [0.29, 0.717) is 28.9 Å². The van der Waals surface area contributed by atoms with E-state index < -0.39 is 6.04 Å². The maximum Gasteiger partial charge on any atom is 0.246 e. The lowest BCUT2D eigenvalue weighted by atomic mass is 9.99. The molecule has 1 unspecified atom stereocenters. The molecule has 3 aromatic carbocycles. The molecule has 0 saturated carbocycles. The monoisotopic (exact) mass is 484 g/mol. The second-order valence-electron chi connectivity index (χ2n) is 9.00. The number of piperazine rings is 1. The van der Waals surface area contributed by atoms with Gasteiger partial charge in [-0.25, -0.2) is 0 Å². The van der Waals surface area contributed by atoms with Crippen LogP contribution in [0.15, 0.2) is 78.9 Å². The largest absolute Gasteiger partial charge is 0.326 e. The summed E-state index contributed by atoms with van der Waals surface area (Å²) in [5, 5.41) is 5.84. The Morgan fingerprint density at radius 2 is 1.47 bits per heavy atom. The van der Waals surface area contributed by atoms with Crippen molar-refractivity contribution in [3.05, 3.63) is 95.6 Å². The Kier molecular flexibility index (Phi) is 8.25. The summed E-state index contributed by atoms with van der Waals surface area (Å²) in [5.74, 6) is -0.573. The van der Waals surface area contributed by atoms with Crippen molar-refractivity contribution in [1.29, 1.82) is 0 Å². The van der Waals surface area contributed by atoms with E-state index in [-0.39, 0.29) is 17.6 Å². The minimum atomic E-state index is -0.487. The van der Waals surface area contributed by atoms with Gasteiger partial charge in [0.1, 0.15) is 6.04 Å². The first-order valence-electron chi connectivity index (χ1n) is 12.3. The number of carbonyl (C=O) groups excluding carboxylic acids is 3. The molecule has 1 atom stereocenters. The van der Waals surface area contributed by atoms with Gasteiger partial charge < -0.3 is 15.5 Å². The number of ketones is 1. The lowest BCUT2D eigenvalue weighted by Gasteiger charge is -2.37. The molecule has 0 aromatic heterocycles. The average molecular weight is 485 g/mol. The molecule has 7 nitrogen and oxygen atoms in total. The molecule has 2 amide bonds. The number of anilines is 2. The maximum atomic E-state index is 13.8. The molecule has 0 radical (unpaired) electrons. The van der Waals surface area contributed by atoms with Gasteiger partial charge in [0.05, 0.1) is 5.69 Å². The third-order valence-electron chi connectivity index (χ3n) is 6.43. The molecule has 186 valence electrons. The van der Waals surface area contributed by atoms with Crippen LogP contribution in [0.25, 0.3) is 0 Å². The van der Waals surface area contributed by atoms with Gasteiger partial charge in [-0.05, 0) is 30.8 Å². The number of carbonyl (C=O) groups is 3. The average Bonchev–Trinajstić information content (AvgIpc) is 2.91. The number of nitrogens with one attached hydrogen (secondary N) is 2. The Balaban J connectivity index is 1.67. The number of benzene rings is 3. The van der Waals surface area contributed by atoms with E-state index in [9.17, 15) is 14.4 Å². The van der Waals surface area contributed by atoms with Crippen molar-refractivity contribution in [2.24, 2.45) is 0 Å². The molecule has 4 rings (SSSR count). The topological polar surface area (TPSA) is 81.8 Å². The van der Waals surface area contributed by atoms with Gasteiger partial charge in [-0.3, -0.25) is 19.3 Å². The lowest BCUT2D eigenvalue weighted by Crippen LogP contribution is -2.48. The van der Waals surface area contributed by atoms with Gasteiger partial charge in [0.25, 0.3) is 0 Å². The maximum absolute atomic E-state index is 13.8. The normalized spacial score (nSPS) is 15.2. The van der Waals surface area contributed by atoms with Gasteiger partial charge in [-0.15, -0.1) is 0 Å². The minimum absolute atomic E-state index is 0.149. The molecule has 1 aliphatic heterocycles. The van der Waals surface area contributed by atoms with Crippen LogP contribution in [-0.4, -0.2) is 60.6 Å². The molecule has 36 heavy (non-hydrogen) atoms. The van der Waals surface area contributed by atoms with E-state index in [0.717, 1.165) is 31.7 Å². The van der Waals surface area contributed by atoms with E-state index in [1.807, 2.05) is 36.4 Å². The molecule has 7 heteroatoms. The quantitative estimate of drug-likeness (QED) is 0.469. The zero-order valence-electron chi connectivity index (χ0n) is 20.7. The van der Waals surface area contributed by atoms with Crippen molar-refractivity contribution in [3.63, 3.8) is 0 Å². The summed E-state index contributed by atoms with van der Waals surface area (Å²) in [5.41, 5.74) is 2.66. The van der Waals surface area contributed by atoms with E-state index >= 15 is 0 Å². The number of hydrogen-bond acceptors (Lipinski definition) is 5. The minimum Gasteiger partial charge on any atom is -0.326 e. The molecule has 0 bridgehead atoms. The SMILES string of the molecule is CCC(=O)Nc1ccc(NC(=O)C(c2ccccc2)N2CCN(C)CC2)c(C(=O)c2ccccc2)c1. The highest BCUT2D eigenvalue weighted by Gasteiger charge is 2.30. The molecule has 1 fully saturated rings. The summed E-state index contributed by atoms with van der Waals surface area (Å²) in [4.78, 5) is 43.6. The number of rotatable bonds is 8.